The molecule has 0 radical (unpaired) electrons. The van der Waals surface area contributed by atoms with Crippen molar-refractivity contribution in [2.45, 2.75) is 44.1 Å². The molecule has 0 aliphatic carbocycles. The highest BCUT2D eigenvalue weighted by molar-refractivity contribution is 5.83. The van der Waals surface area contributed by atoms with E-state index >= 15 is 0 Å². The van der Waals surface area contributed by atoms with Crippen LogP contribution < -0.4 is 11.5 Å². The van der Waals surface area contributed by atoms with Crippen molar-refractivity contribution in [3.63, 3.8) is 0 Å². The number of carbonyl (C=O) groups excluding carboxylic acids is 2. The van der Waals surface area contributed by atoms with Crippen molar-refractivity contribution in [2.75, 3.05) is 6.61 Å². The first-order chi connectivity index (χ1) is 10.4. The maximum Gasteiger partial charge on any atom is 0.323 e. The zero-order valence-corrected chi connectivity index (χ0v) is 12.4. The Morgan fingerprint density at radius 1 is 1.39 bits per heavy atom. The molecule has 0 aromatic heterocycles. The molecule has 1 saturated heterocycles. The van der Waals surface area contributed by atoms with E-state index in [-0.39, 0.29) is 19.3 Å². The second-order valence-corrected chi connectivity index (χ2v) is 4.94. The third-order valence-electron chi connectivity index (χ3n) is 2.49. The summed E-state index contributed by atoms with van der Waals surface area (Å²) < 4.78 is 9.12. The van der Waals surface area contributed by atoms with Gasteiger partial charge in [0.05, 0.1) is 6.42 Å². The number of aliphatic hydroxyl groups is 1. The van der Waals surface area contributed by atoms with E-state index in [1.807, 2.05) is 0 Å². The van der Waals surface area contributed by atoms with Crippen molar-refractivity contribution in [3.8, 4) is 0 Å². The van der Waals surface area contributed by atoms with E-state index < -0.39 is 48.4 Å². The van der Waals surface area contributed by atoms with Crippen LogP contribution in [0.1, 0.15) is 26.2 Å². The van der Waals surface area contributed by atoms with Crippen LogP contribution in [0.4, 0.5) is 0 Å². The van der Waals surface area contributed by atoms with Gasteiger partial charge in [-0.25, -0.2) is 0 Å². The maximum absolute atomic E-state index is 10.9. The largest absolute Gasteiger partial charge is 0.481 e. The average Bonchev–Trinajstić information content (AvgIpc) is 2.40. The third kappa shape index (κ3) is 9.39. The minimum absolute atomic E-state index is 0.0231. The van der Waals surface area contributed by atoms with Crippen LogP contribution >= 0.6 is 0 Å². The SMILES string of the molecule is CC1(O)COC(=O)[C@@H](N)CC(=O)O1.N[C@@H](CCC(=O)O)C(=O)O. The summed E-state index contributed by atoms with van der Waals surface area (Å²) in [7, 11) is 0. The van der Waals surface area contributed by atoms with Gasteiger partial charge in [-0.15, -0.1) is 0 Å². The smallest absolute Gasteiger partial charge is 0.323 e. The van der Waals surface area contributed by atoms with Crippen molar-refractivity contribution in [1.82, 2.24) is 0 Å². The lowest BCUT2D eigenvalue weighted by molar-refractivity contribution is -0.226. The van der Waals surface area contributed by atoms with Gasteiger partial charge in [0.25, 0.3) is 0 Å². The van der Waals surface area contributed by atoms with Gasteiger partial charge in [0.15, 0.2) is 6.61 Å². The summed E-state index contributed by atoms with van der Waals surface area (Å²) in [5, 5.41) is 25.6. The molecule has 23 heavy (non-hydrogen) atoms. The Kier molecular flexibility index (Phi) is 8.15. The summed E-state index contributed by atoms with van der Waals surface area (Å²) in [4.78, 5) is 41.7. The molecule has 0 aromatic rings. The topological polar surface area (TPSA) is 199 Å². The monoisotopic (exact) mass is 336 g/mol. The molecule has 11 heteroatoms. The van der Waals surface area contributed by atoms with Crippen LogP contribution in [-0.2, 0) is 28.7 Å². The van der Waals surface area contributed by atoms with Crippen LogP contribution in [0, 0.1) is 0 Å². The number of esters is 2. The van der Waals surface area contributed by atoms with Gasteiger partial charge in [-0.3, -0.25) is 19.2 Å². The summed E-state index contributed by atoms with van der Waals surface area (Å²) >= 11 is 0. The average molecular weight is 336 g/mol. The van der Waals surface area contributed by atoms with Crippen molar-refractivity contribution in [1.29, 1.82) is 0 Å². The van der Waals surface area contributed by atoms with Crippen LogP contribution in [0.15, 0.2) is 0 Å². The lowest BCUT2D eigenvalue weighted by Crippen LogP contribution is -2.45. The van der Waals surface area contributed by atoms with Crippen LogP contribution in [0.3, 0.4) is 0 Å². The Morgan fingerprint density at radius 2 is 1.96 bits per heavy atom. The van der Waals surface area contributed by atoms with Gasteiger partial charge in [0.1, 0.15) is 12.1 Å². The predicted molar refractivity (Wildman–Crippen MR) is 72.7 cm³/mol. The summed E-state index contributed by atoms with van der Waals surface area (Å²) in [6.07, 6.45) is -0.507. The van der Waals surface area contributed by atoms with Crippen molar-refractivity contribution < 1.29 is 44.0 Å². The Labute approximate surface area is 131 Å². The van der Waals surface area contributed by atoms with Gasteiger partial charge in [-0.1, -0.05) is 0 Å². The van der Waals surface area contributed by atoms with Crippen molar-refractivity contribution >= 4 is 23.9 Å². The molecule has 11 nitrogen and oxygen atoms in total. The van der Waals surface area contributed by atoms with Gasteiger partial charge in [-0.2, -0.15) is 0 Å². The van der Waals surface area contributed by atoms with E-state index in [0.717, 1.165) is 0 Å². The summed E-state index contributed by atoms with van der Waals surface area (Å²) in [6, 6.07) is -2.07. The minimum atomic E-state index is -1.76. The molecule has 0 spiro atoms. The van der Waals surface area contributed by atoms with Gasteiger partial charge in [0, 0.05) is 13.3 Å². The summed E-state index contributed by atoms with van der Waals surface area (Å²) in [5.41, 5.74) is 10.3. The highest BCUT2D eigenvalue weighted by Gasteiger charge is 2.33. The molecule has 1 aliphatic heterocycles. The summed E-state index contributed by atoms with van der Waals surface area (Å²) in [6.45, 7) is 0.834. The molecule has 1 fully saturated rings. The second kappa shape index (κ2) is 9.02. The van der Waals surface area contributed by atoms with Crippen molar-refractivity contribution in [2.24, 2.45) is 11.5 Å². The first-order valence-electron chi connectivity index (χ1n) is 6.51. The highest BCUT2D eigenvalue weighted by atomic mass is 16.7. The van der Waals surface area contributed by atoms with E-state index in [1.165, 1.54) is 6.92 Å². The number of carbonyl (C=O) groups is 4. The fourth-order valence-corrected chi connectivity index (χ4v) is 1.29. The standard InChI is InChI=1S/C7H11NO5.C5H9NO4/c1-7(11)3-12-6(10)4(8)2-5(9)13-7;6-3(5(9)10)1-2-4(7)8/h4,11H,2-3,8H2,1H3;3H,1-2,6H2,(H,7,8)(H,9,10)/t4-,7?;3-/m00/s1. The molecule has 0 saturated carbocycles. The lowest BCUT2D eigenvalue weighted by atomic mass is 10.2. The third-order valence-corrected chi connectivity index (χ3v) is 2.49. The molecular formula is C12H20N2O9. The number of aliphatic carboxylic acids is 2. The van der Waals surface area contributed by atoms with E-state index in [2.05, 4.69) is 9.47 Å². The van der Waals surface area contributed by atoms with Crippen LogP contribution in [0.2, 0.25) is 0 Å². The van der Waals surface area contributed by atoms with E-state index in [0.29, 0.717) is 0 Å². The number of cyclic esters (lactones) is 2. The van der Waals surface area contributed by atoms with Gasteiger partial charge < -0.3 is 36.3 Å². The molecule has 132 valence electrons. The zero-order valence-electron chi connectivity index (χ0n) is 12.4. The number of ether oxygens (including phenoxy) is 2. The molecule has 1 rings (SSSR count). The van der Waals surface area contributed by atoms with Crippen LogP contribution in [-0.4, -0.2) is 63.7 Å². The number of hydrogen-bond acceptors (Lipinski definition) is 9. The van der Waals surface area contributed by atoms with Gasteiger partial charge >= 0.3 is 23.9 Å². The van der Waals surface area contributed by atoms with E-state index in [9.17, 15) is 24.3 Å². The van der Waals surface area contributed by atoms with Crippen molar-refractivity contribution in [3.05, 3.63) is 0 Å². The predicted octanol–water partition coefficient (Wildman–Crippen LogP) is -2.22. The number of hydrogen-bond donors (Lipinski definition) is 5. The molecule has 1 aliphatic rings. The number of nitrogens with two attached hydrogens (primary N) is 2. The van der Waals surface area contributed by atoms with Gasteiger partial charge in [0.2, 0.25) is 5.79 Å². The molecule has 1 heterocycles. The van der Waals surface area contributed by atoms with Gasteiger partial charge in [-0.05, 0) is 6.42 Å². The molecule has 3 atom stereocenters. The Morgan fingerprint density at radius 3 is 2.43 bits per heavy atom. The minimum Gasteiger partial charge on any atom is -0.481 e. The quantitative estimate of drug-likeness (QED) is 0.348. The normalized spacial score (nSPS) is 25.7. The molecule has 0 aromatic carbocycles. The number of carboxylic acids is 2. The molecule has 7 N–H and O–H groups in total. The summed E-state index contributed by atoms with van der Waals surface area (Å²) in [5.74, 6) is -5.38. The number of rotatable bonds is 4. The first-order valence-corrected chi connectivity index (χ1v) is 6.51. The Hall–Kier alpha value is -2.24. The molecule has 0 bridgehead atoms. The lowest BCUT2D eigenvalue weighted by Gasteiger charge is -2.26. The molecule has 1 unspecified atom stereocenters. The first kappa shape index (κ1) is 20.8. The second-order valence-electron chi connectivity index (χ2n) is 4.94. The highest BCUT2D eigenvalue weighted by Crippen LogP contribution is 2.12. The van der Waals surface area contributed by atoms with Crippen LogP contribution in [0.5, 0.6) is 0 Å². The fraction of sp³-hybridized carbons (Fsp3) is 0.667. The Balaban J connectivity index is 0.000000438. The zero-order chi connectivity index (χ0) is 18.2. The maximum atomic E-state index is 10.9. The number of carboxylic acid groups (broad SMARTS) is 2. The molecular weight excluding hydrogens is 316 g/mol. The van der Waals surface area contributed by atoms with Crippen LogP contribution in [0.25, 0.3) is 0 Å². The fourth-order valence-electron chi connectivity index (χ4n) is 1.29. The van der Waals surface area contributed by atoms with E-state index in [1.54, 1.807) is 0 Å². The Bertz CT molecular complexity index is 463. The molecule has 0 amide bonds. The van der Waals surface area contributed by atoms with E-state index in [4.69, 9.17) is 21.7 Å².